The summed E-state index contributed by atoms with van der Waals surface area (Å²) in [5.74, 6) is 0. The zero-order valence-corrected chi connectivity index (χ0v) is 13.3. The minimum atomic E-state index is 0.891. The minimum absolute atomic E-state index is 0.891. The lowest BCUT2D eigenvalue weighted by atomic mass is 10.1. The molecule has 116 valence electrons. The van der Waals surface area contributed by atoms with Crippen molar-refractivity contribution in [1.29, 1.82) is 0 Å². The van der Waals surface area contributed by atoms with Crippen LogP contribution < -0.4 is 0 Å². The van der Waals surface area contributed by atoms with E-state index in [4.69, 9.17) is 9.97 Å². The molecule has 1 aliphatic heterocycles. The van der Waals surface area contributed by atoms with Crippen LogP contribution in [0.25, 0.3) is 22.3 Å². The summed E-state index contributed by atoms with van der Waals surface area (Å²) >= 11 is 0. The maximum Gasteiger partial charge on any atom is 0.0938 e. The average Bonchev–Trinajstić information content (AvgIpc) is 2.63. The van der Waals surface area contributed by atoms with Crippen LogP contribution in [0, 0.1) is 0 Å². The predicted octanol–water partition coefficient (Wildman–Crippen LogP) is 4.28. The van der Waals surface area contributed by atoms with Gasteiger partial charge in [-0.05, 0) is 38.1 Å². The summed E-state index contributed by atoms with van der Waals surface area (Å²) in [6.07, 6.45) is 3.94. The minimum Gasteiger partial charge on any atom is -0.297 e. The molecule has 3 aromatic rings. The Labute approximate surface area is 137 Å². The van der Waals surface area contributed by atoms with Crippen molar-refractivity contribution in [2.75, 3.05) is 13.1 Å². The molecule has 2 aromatic carbocycles. The van der Waals surface area contributed by atoms with E-state index in [1.54, 1.807) is 0 Å². The molecule has 0 spiro atoms. The van der Waals surface area contributed by atoms with Crippen molar-refractivity contribution < 1.29 is 0 Å². The van der Waals surface area contributed by atoms with Crippen LogP contribution >= 0.6 is 0 Å². The highest BCUT2D eigenvalue weighted by molar-refractivity contribution is 5.78. The first-order valence-corrected chi connectivity index (χ1v) is 8.43. The lowest BCUT2D eigenvalue weighted by molar-refractivity contribution is 0.219. The number of piperidine rings is 1. The second-order valence-electron chi connectivity index (χ2n) is 6.21. The van der Waals surface area contributed by atoms with E-state index in [9.17, 15) is 0 Å². The van der Waals surface area contributed by atoms with E-state index in [1.165, 1.54) is 32.4 Å². The predicted molar refractivity (Wildman–Crippen MR) is 94.1 cm³/mol. The SMILES string of the molecule is c1ccc(-c2nc3ccccc3nc2CN2CCCCC2)cc1. The molecule has 0 bridgehead atoms. The number of hydrogen-bond acceptors (Lipinski definition) is 3. The second kappa shape index (κ2) is 6.47. The van der Waals surface area contributed by atoms with Gasteiger partial charge in [0.15, 0.2) is 0 Å². The van der Waals surface area contributed by atoms with Crippen molar-refractivity contribution in [3.05, 3.63) is 60.3 Å². The van der Waals surface area contributed by atoms with Gasteiger partial charge in [0.2, 0.25) is 0 Å². The molecule has 0 unspecified atom stereocenters. The van der Waals surface area contributed by atoms with Gasteiger partial charge in [-0.2, -0.15) is 0 Å². The van der Waals surface area contributed by atoms with Crippen LogP contribution in [0.2, 0.25) is 0 Å². The largest absolute Gasteiger partial charge is 0.297 e. The molecule has 1 aliphatic rings. The van der Waals surface area contributed by atoms with Crippen molar-refractivity contribution in [1.82, 2.24) is 14.9 Å². The van der Waals surface area contributed by atoms with Crippen LogP contribution in [0.5, 0.6) is 0 Å². The molecule has 0 saturated carbocycles. The fraction of sp³-hybridized carbons (Fsp3) is 0.300. The molecule has 4 rings (SSSR count). The van der Waals surface area contributed by atoms with Crippen LogP contribution in [0.3, 0.4) is 0 Å². The first-order valence-electron chi connectivity index (χ1n) is 8.43. The van der Waals surface area contributed by atoms with Gasteiger partial charge in [-0.15, -0.1) is 0 Å². The number of likely N-dealkylation sites (tertiary alicyclic amines) is 1. The Balaban J connectivity index is 1.79. The van der Waals surface area contributed by atoms with E-state index < -0.39 is 0 Å². The van der Waals surface area contributed by atoms with Crippen LogP contribution in [0.15, 0.2) is 54.6 Å². The van der Waals surface area contributed by atoms with E-state index in [0.29, 0.717) is 0 Å². The molecule has 0 N–H and O–H groups in total. The summed E-state index contributed by atoms with van der Waals surface area (Å²) in [6, 6.07) is 18.6. The van der Waals surface area contributed by atoms with Gasteiger partial charge in [0.25, 0.3) is 0 Å². The summed E-state index contributed by atoms with van der Waals surface area (Å²) < 4.78 is 0. The fourth-order valence-electron chi connectivity index (χ4n) is 3.30. The van der Waals surface area contributed by atoms with Gasteiger partial charge in [-0.3, -0.25) is 4.90 Å². The Kier molecular flexibility index (Phi) is 4.03. The second-order valence-corrected chi connectivity index (χ2v) is 6.21. The van der Waals surface area contributed by atoms with Crippen molar-refractivity contribution in [2.24, 2.45) is 0 Å². The first-order chi connectivity index (χ1) is 11.4. The van der Waals surface area contributed by atoms with Crippen molar-refractivity contribution in [3.63, 3.8) is 0 Å². The maximum atomic E-state index is 4.94. The summed E-state index contributed by atoms with van der Waals surface area (Å²) in [6.45, 7) is 3.23. The van der Waals surface area contributed by atoms with Crippen molar-refractivity contribution in [3.8, 4) is 11.3 Å². The molecule has 1 saturated heterocycles. The van der Waals surface area contributed by atoms with Crippen LogP contribution in [-0.4, -0.2) is 28.0 Å². The summed E-state index contributed by atoms with van der Waals surface area (Å²) in [7, 11) is 0. The van der Waals surface area contributed by atoms with Gasteiger partial charge in [0, 0.05) is 12.1 Å². The van der Waals surface area contributed by atoms with E-state index in [0.717, 1.165) is 34.5 Å². The Morgan fingerprint density at radius 3 is 2.13 bits per heavy atom. The Bertz CT molecular complexity index is 792. The molecular weight excluding hydrogens is 282 g/mol. The molecule has 0 radical (unpaired) electrons. The van der Waals surface area contributed by atoms with Crippen LogP contribution in [0.1, 0.15) is 25.0 Å². The van der Waals surface area contributed by atoms with Gasteiger partial charge in [0.05, 0.1) is 22.4 Å². The van der Waals surface area contributed by atoms with Crippen LogP contribution in [-0.2, 0) is 6.54 Å². The third kappa shape index (κ3) is 3.10. The third-order valence-corrected chi connectivity index (χ3v) is 4.51. The van der Waals surface area contributed by atoms with E-state index in [2.05, 4.69) is 35.2 Å². The highest BCUT2D eigenvalue weighted by Gasteiger charge is 2.16. The zero-order chi connectivity index (χ0) is 15.5. The van der Waals surface area contributed by atoms with Gasteiger partial charge in [0.1, 0.15) is 0 Å². The molecule has 0 amide bonds. The Morgan fingerprint density at radius 1 is 0.739 bits per heavy atom. The van der Waals surface area contributed by atoms with Gasteiger partial charge in [-0.25, -0.2) is 9.97 Å². The Morgan fingerprint density at radius 2 is 1.39 bits per heavy atom. The highest BCUT2D eigenvalue weighted by atomic mass is 15.1. The average molecular weight is 303 g/mol. The standard InChI is InChI=1S/C20H21N3/c1-3-9-16(10-4-1)20-19(15-23-13-7-2-8-14-23)21-17-11-5-6-12-18(17)22-20/h1,3-6,9-12H,2,7-8,13-15H2. The monoisotopic (exact) mass is 303 g/mol. The summed E-state index contributed by atoms with van der Waals surface area (Å²) in [5.41, 5.74) is 5.22. The number of benzene rings is 2. The smallest absolute Gasteiger partial charge is 0.0938 e. The summed E-state index contributed by atoms with van der Waals surface area (Å²) in [4.78, 5) is 12.4. The lowest BCUT2D eigenvalue weighted by Gasteiger charge is -2.26. The highest BCUT2D eigenvalue weighted by Crippen LogP contribution is 2.25. The maximum absolute atomic E-state index is 4.94. The molecule has 2 heterocycles. The van der Waals surface area contributed by atoms with Gasteiger partial charge < -0.3 is 0 Å². The molecule has 0 aliphatic carbocycles. The van der Waals surface area contributed by atoms with Gasteiger partial charge in [-0.1, -0.05) is 48.9 Å². The Hall–Kier alpha value is -2.26. The number of nitrogens with zero attached hydrogens (tertiary/aromatic N) is 3. The molecule has 3 nitrogen and oxygen atoms in total. The quantitative estimate of drug-likeness (QED) is 0.723. The molecule has 23 heavy (non-hydrogen) atoms. The summed E-state index contributed by atoms with van der Waals surface area (Å²) in [5, 5.41) is 0. The molecule has 1 fully saturated rings. The van der Waals surface area contributed by atoms with Crippen molar-refractivity contribution >= 4 is 11.0 Å². The molecule has 3 heteroatoms. The van der Waals surface area contributed by atoms with Crippen molar-refractivity contribution in [2.45, 2.75) is 25.8 Å². The normalized spacial score (nSPS) is 15.8. The number of hydrogen-bond donors (Lipinski definition) is 0. The van der Waals surface area contributed by atoms with E-state index >= 15 is 0 Å². The first kappa shape index (κ1) is 14.3. The topological polar surface area (TPSA) is 29.0 Å². The fourth-order valence-corrected chi connectivity index (χ4v) is 3.30. The molecule has 0 atom stereocenters. The third-order valence-electron chi connectivity index (χ3n) is 4.51. The van der Waals surface area contributed by atoms with Gasteiger partial charge >= 0.3 is 0 Å². The number of rotatable bonds is 3. The number of aromatic nitrogens is 2. The zero-order valence-electron chi connectivity index (χ0n) is 13.3. The van der Waals surface area contributed by atoms with E-state index in [1.807, 2.05) is 24.3 Å². The van der Waals surface area contributed by atoms with E-state index in [-0.39, 0.29) is 0 Å². The van der Waals surface area contributed by atoms with Crippen LogP contribution in [0.4, 0.5) is 0 Å². The lowest BCUT2D eigenvalue weighted by Crippen LogP contribution is -2.29. The number of fused-ring (bicyclic) bond motifs is 1. The molecule has 1 aromatic heterocycles. The number of para-hydroxylation sites is 2. The molecular formula is C20H21N3.